The molecule has 2 N–H and O–H groups in total. The van der Waals surface area contributed by atoms with Gasteiger partial charge in [-0.3, -0.25) is 4.79 Å². The second-order valence-corrected chi connectivity index (χ2v) is 7.48. The van der Waals surface area contributed by atoms with Crippen LogP contribution in [-0.2, 0) is 4.79 Å². The van der Waals surface area contributed by atoms with E-state index in [1.807, 2.05) is 50.2 Å². The Labute approximate surface area is 168 Å². The largest absolute Gasteiger partial charge is 0.489 e. The van der Waals surface area contributed by atoms with E-state index in [0.717, 1.165) is 30.2 Å². The number of ether oxygens (including phenoxy) is 1. The number of rotatable bonds is 8. The molecule has 1 amide bonds. The van der Waals surface area contributed by atoms with Gasteiger partial charge in [-0.15, -0.1) is 0 Å². The second-order valence-electron chi connectivity index (χ2n) is 7.48. The first-order valence-corrected chi connectivity index (χ1v) is 10.3. The molecule has 0 aromatic heterocycles. The molecule has 0 unspecified atom stereocenters. The summed E-state index contributed by atoms with van der Waals surface area (Å²) in [4.78, 5) is 14.7. The zero-order valence-corrected chi connectivity index (χ0v) is 16.9. The lowest BCUT2D eigenvalue weighted by Gasteiger charge is -2.28. The van der Waals surface area contributed by atoms with Crippen LogP contribution in [0.3, 0.4) is 0 Å². The fourth-order valence-electron chi connectivity index (χ4n) is 3.41. The summed E-state index contributed by atoms with van der Waals surface area (Å²) in [5.41, 5.74) is 2.99. The molecular formula is C23H31N3O2. The molecule has 0 radical (unpaired) electrons. The van der Waals surface area contributed by atoms with Gasteiger partial charge in [0.05, 0.1) is 11.8 Å². The number of carbonyl (C=O) groups is 1. The van der Waals surface area contributed by atoms with Crippen LogP contribution in [0.2, 0.25) is 0 Å². The van der Waals surface area contributed by atoms with E-state index in [-0.39, 0.29) is 12.0 Å². The molecule has 1 saturated heterocycles. The van der Waals surface area contributed by atoms with Crippen LogP contribution in [0, 0.1) is 0 Å². The molecular weight excluding hydrogens is 350 g/mol. The highest BCUT2D eigenvalue weighted by molar-refractivity contribution is 5.91. The van der Waals surface area contributed by atoms with E-state index in [1.54, 1.807) is 0 Å². The number of para-hydroxylation sites is 2. The highest BCUT2D eigenvalue weighted by atomic mass is 16.5. The molecule has 1 aliphatic rings. The Hall–Kier alpha value is -2.69. The SMILES string of the molecule is CC(C)Oc1ccccc1NCCC(=O)Nc1ccc(N2CCCCC2)cc1. The van der Waals surface area contributed by atoms with Crippen molar-refractivity contribution in [1.29, 1.82) is 0 Å². The minimum absolute atomic E-state index is 0.000446. The number of benzene rings is 2. The second kappa shape index (κ2) is 10.0. The number of hydrogen-bond donors (Lipinski definition) is 2. The normalized spacial score (nSPS) is 14.0. The zero-order chi connectivity index (χ0) is 19.8. The molecule has 2 aromatic carbocycles. The maximum absolute atomic E-state index is 12.3. The lowest BCUT2D eigenvalue weighted by atomic mass is 10.1. The molecule has 0 aliphatic carbocycles. The third-order valence-electron chi connectivity index (χ3n) is 4.79. The molecule has 28 heavy (non-hydrogen) atoms. The van der Waals surface area contributed by atoms with Crippen molar-refractivity contribution in [2.24, 2.45) is 0 Å². The molecule has 5 nitrogen and oxygen atoms in total. The number of anilines is 3. The standard InChI is InChI=1S/C23H31N3O2/c1-18(2)28-22-9-5-4-8-21(22)24-15-14-23(27)25-19-10-12-20(13-11-19)26-16-6-3-7-17-26/h4-5,8-13,18,24H,3,6-7,14-17H2,1-2H3,(H,25,27). The van der Waals surface area contributed by atoms with Gasteiger partial charge >= 0.3 is 0 Å². The first-order chi connectivity index (χ1) is 13.6. The lowest BCUT2D eigenvalue weighted by Crippen LogP contribution is -2.29. The van der Waals surface area contributed by atoms with Crippen LogP contribution >= 0.6 is 0 Å². The predicted molar refractivity (Wildman–Crippen MR) is 116 cm³/mol. The molecule has 1 heterocycles. The van der Waals surface area contributed by atoms with Crippen molar-refractivity contribution < 1.29 is 9.53 Å². The summed E-state index contributed by atoms with van der Waals surface area (Å²) in [6.45, 7) is 6.80. The Morgan fingerprint density at radius 1 is 1.04 bits per heavy atom. The van der Waals surface area contributed by atoms with Crippen LogP contribution in [0.5, 0.6) is 5.75 Å². The maximum atomic E-state index is 12.3. The molecule has 2 aromatic rings. The van der Waals surface area contributed by atoms with Crippen LogP contribution in [0.4, 0.5) is 17.1 Å². The van der Waals surface area contributed by atoms with E-state index >= 15 is 0 Å². The van der Waals surface area contributed by atoms with Crippen molar-refractivity contribution in [2.45, 2.75) is 45.6 Å². The molecule has 3 rings (SSSR count). The molecule has 0 atom stereocenters. The van der Waals surface area contributed by atoms with Gasteiger partial charge in [-0.05, 0) is 69.5 Å². The summed E-state index contributed by atoms with van der Waals surface area (Å²) in [5.74, 6) is 0.812. The topological polar surface area (TPSA) is 53.6 Å². The van der Waals surface area contributed by atoms with Crippen molar-refractivity contribution in [2.75, 3.05) is 35.2 Å². The number of piperidine rings is 1. The number of nitrogens with one attached hydrogen (secondary N) is 2. The third-order valence-corrected chi connectivity index (χ3v) is 4.79. The van der Waals surface area contributed by atoms with Crippen molar-refractivity contribution in [3.8, 4) is 5.75 Å². The molecule has 0 spiro atoms. The third kappa shape index (κ3) is 5.91. The van der Waals surface area contributed by atoms with Crippen LogP contribution in [0.1, 0.15) is 39.5 Å². The van der Waals surface area contributed by atoms with Gasteiger partial charge in [0.25, 0.3) is 0 Å². The average molecular weight is 382 g/mol. The molecule has 5 heteroatoms. The summed E-state index contributed by atoms with van der Waals surface area (Å²) in [5, 5.41) is 6.27. The van der Waals surface area contributed by atoms with Gasteiger partial charge in [-0.1, -0.05) is 12.1 Å². The van der Waals surface area contributed by atoms with Crippen molar-refractivity contribution >= 4 is 23.0 Å². The van der Waals surface area contributed by atoms with Gasteiger partial charge < -0.3 is 20.3 Å². The smallest absolute Gasteiger partial charge is 0.226 e. The Balaban J connectivity index is 1.46. The van der Waals surface area contributed by atoms with Crippen LogP contribution in [0.25, 0.3) is 0 Å². The van der Waals surface area contributed by atoms with Gasteiger partial charge in [-0.25, -0.2) is 0 Å². The summed E-state index contributed by atoms with van der Waals surface area (Å²) in [6, 6.07) is 16.0. The molecule has 0 bridgehead atoms. The van der Waals surface area contributed by atoms with Crippen LogP contribution in [-0.4, -0.2) is 31.6 Å². The van der Waals surface area contributed by atoms with Gasteiger partial charge in [0.2, 0.25) is 5.91 Å². The quantitative estimate of drug-likeness (QED) is 0.682. The number of carbonyl (C=O) groups excluding carboxylic acids is 1. The highest BCUT2D eigenvalue weighted by Crippen LogP contribution is 2.25. The van der Waals surface area contributed by atoms with E-state index < -0.39 is 0 Å². The fraction of sp³-hybridized carbons (Fsp3) is 0.435. The van der Waals surface area contributed by atoms with E-state index in [4.69, 9.17) is 4.74 Å². The summed E-state index contributed by atoms with van der Waals surface area (Å²) in [7, 11) is 0. The van der Waals surface area contributed by atoms with Gasteiger partial charge in [-0.2, -0.15) is 0 Å². The van der Waals surface area contributed by atoms with Gasteiger partial charge in [0.15, 0.2) is 0 Å². The van der Waals surface area contributed by atoms with Crippen molar-refractivity contribution in [1.82, 2.24) is 0 Å². The number of nitrogens with zero attached hydrogens (tertiary/aromatic N) is 1. The van der Waals surface area contributed by atoms with E-state index in [9.17, 15) is 4.79 Å². The Morgan fingerprint density at radius 3 is 2.46 bits per heavy atom. The molecule has 0 saturated carbocycles. The summed E-state index contributed by atoms with van der Waals surface area (Å²) in [6.07, 6.45) is 4.35. The Kier molecular flexibility index (Phi) is 7.18. The molecule has 1 aliphatic heterocycles. The van der Waals surface area contributed by atoms with Gasteiger partial charge in [0, 0.05) is 37.4 Å². The summed E-state index contributed by atoms with van der Waals surface area (Å²) < 4.78 is 5.79. The summed E-state index contributed by atoms with van der Waals surface area (Å²) >= 11 is 0. The maximum Gasteiger partial charge on any atom is 0.226 e. The zero-order valence-electron chi connectivity index (χ0n) is 16.9. The first-order valence-electron chi connectivity index (χ1n) is 10.3. The first kappa shape index (κ1) is 20.1. The number of amides is 1. The molecule has 150 valence electrons. The van der Waals surface area contributed by atoms with Crippen molar-refractivity contribution in [3.05, 3.63) is 48.5 Å². The van der Waals surface area contributed by atoms with E-state index in [2.05, 4.69) is 27.7 Å². The van der Waals surface area contributed by atoms with E-state index in [1.165, 1.54) is 24.9 Å². The monoisotopic (exact) mass is 381 g/mol. The molecule has 1 fully saturated rings. The Morgan fingerprint density at radius 2 is 1.75 bits per heavy atom. The predicted octanol–water partition coefficient (Wildman–Crippen LogP) is 4.90. The minimum atomic E-state index is 0.000446. The van der Waals surface area contributed by atoms with Gasteiger partial charge in [0.1, 0.15) is 5.75 Å². The Bertz CT molecular complexity index is 753. The van der Waals surface area contributed by atoms with Crippen LogP contribution < -0.4 is 20.3 Å². The van der Waals surface area contributed by atoms with Crippen molar-refractivity contribution in [3.63, 3.8) is 0 Å². The highest BCUT2D eigenvalue weighted by Gasteiger charge is 2.11. The lowest BCUT2D eigenvalue weighted by molar-refractivity contribution is -0.115. The fourth-order valence-corrected chi connectivity index (χ4v) is 3.41. The average Bonchev–Trinajstić information content (AvgIpc) is 2.70. The van der Waals surface area contributed by atoms with E-state index in [0.29, 0.717) is 13.0 Å². The number of hydrogen-bond acceptors (Lipinski definition) is 4. The minimum Gasteiger partial charge on any atom is -0.489 e. The van der Waals surface area contributed by atoms with Crippen LogP contribution in [0.15, 0.2) is 48.5 Å².